The van der Waals surface area contributed by atoms with Gasteiger partial charge in [0.05, 0.1) is 24.5 Å². The van der Waals surface area contributed by atoms with Gasteiger partial charge in [-0.2, -0.15) is 0 Å². The van der Waals surface area contributed by atoms with Gasteiger partial charge in [-0.15, -0.1) is 6.42 Å². The Balaban J connectivity index is 2.56. The van der Waals surface area contributed by atoms with Gasteiger partial charge in [0, 0.05) is 0 Å². The third kappa shape index (κ3) is 3.90. The van der Waals surface area contributed by atoms with Gasteiger partial charge in [-0.1, -0.05) is 43.2 Å². The highest BCUT2D eigenvalue weighted by molar-refractivity contribution is 5.70. The molecular weight excluding hydrogens is 228 g/mol. The fourth-order valence-corrected chi connectivity index (χ4v) is 1.75. The van der Waals surface area contributed by atoms with Crippen LogP contribution in [0.2, 0.25) is 0 Å². The van der Waals surface area contributed by atoms with E-state index < -0.39 is 17.8 Å². The Morgan fingerprint density at radius 1 is 1.39 bits per heavy atom. The molecule has 0 amide bonds. The van der Waals surface area contributed by atoms with E-state index in [0.717, 1.165) is 5.56 Å². The van der Waals surface area contributed by atoms with Crippen molar-refractivity contribution in [3.63, 3.8) is 0 Å². The molecule has 0 aromatic heterocycles. The Morgan fingerprint density at radius 2 is 2.00 bits per heavy atom. The molecule has 1 N–H and O–H groups in total. The first-order valence-corrected chi connectivity index (χ1v) is 5.90. The van der Waals surface area contributed by atoms with Crippen molar-refractivity contribution in [1.82, 2.24) is 0 Å². The van der Waals surface area contributed by atoms with Crippen molar-refractivity contribution < 1.29 is 14.6 Å². The van der Waals surface area contributed by atoms with E-state index in [2.05, 4.69) is 5.92 Å². The fourth-order valence-electron chi connectivity index (χ4n) is 1.75. The summed E-state index contributed by atoms with van der Waals surface area (Å²) in [7, 11) is 0. The van der Waals surface area contributed by atoms with E-state index in [1.807, 2.05) is 37.3 Å². The average molecular weight is 246 g/mol. The molecule has 1 aromatic carbocycles. The topological polar surface area (TPSA) is 46.5 Å². The summed E-state index contributed by atoms with van der Waals surface area (Å²) in [5.41, 5.74) is 1.04. The minimum Gasteiger partial charge on any atom is -0.481 e. The number of terminal acetylenes is 1. The first kappa shape index (κ1) is 14.3. The lowest BCUT2D eigenvalue weighted by Crippen LogP contribution is -2.30. The quantitative estimate of drug-likeness (QED) is 0.785. The van der Waals surface area contributed by atoms with Crippen LogP contribution in [0.4, 0.5) is 0 Å². The third-order valence-electron chi connectivity index (χ3n) is 2.98. The monoisotopic (exact) mass is 246 g/mol. The number of hydrogen-bond acceptors (Lipinski definition) is 2. The molecule has 0 unspecified atom stereocenters. The summed E-state index contributed by atoms with van der Waals surface area (Å²) >= 11 is 0. The van der Waals surface area contributed by atoms with E-state index in [4.69, 9.17) is 16.3 Å². The zero-order valence-corrected chi connectivity index (χ0v) is 10.7. The van der Waals surface area contributed by atoms with Crippen LogP contribution >= 0.6 is 0 Å². The number of carboxylic acids is 1. The molecule has 0 saturated carbocycles. The standard InChI is InChI=1S/C15H18O3/c1-4-14(11(2)15(16)17)12(3)18-10-13-8-6-5-7-9-13/h1,5-9,11-12,14H,10H2,2-3H3,(H,16,17)/t11-,12-,14+/m1/s1. The van der Waals surface area contributed by atoms with Gasteiger partial charge in [0.15, 0.2) is 0 Å². The van der Waals surface area contributed by atoms with Crippen molar-refractivity contribution >= 4 is 5.97 Å². The number of carbonyl (C=O) groups is 1. The zero-order valence-electron chi connectivity index (χ0n) is 10.7. The van der Waals surface area contributed by atoms with Gasteiger partial charge in [0.25, 0.3) is 0 Å². The molecule has 0 saturated heterocycles. The van der Waals surface area contributed by atoms with E-state index in [0.29, 0.717) is 6.61 Å². The lowest BCUT2D eigenvalue weighted by Gasteiger charge is -2.22. The molecule has 0 heterocycles. The van der Waals surface area contributed by atoms with Gasteiger partial charge >= 0.3 is 5.97 Å². The van der Waals surface area contributed by atoms with E-state index in [9.17, 15) is 4.79 Å². The molecule has 0 radical (unpaired) electrons. The average Bonchev–Trinajstić information content (AvgIpc) is 2.38. The Kier molecular flexibility index (Phi) is 5.41. The van der Waals surface area contributed by atoms with Crippen LogP contribution in [0, 0.1) is 24.2 Å². The highest BCUT2D eigenvalue weighted by atomic mass is 16.5. The summed E-state index contributed by atoms with van der Waals surface area (Å²) in [5.74, 6) is 0.583. The van der Waals surface area contributed by atoms with Crippen LogP contribution in [-0.4, -0.2) is 17.2 Å². The van der Waals surface area contributed by atoms with Crippen LogP contribution in [0.5, 0.6) is 0 Å². The SMILES string of the molecule is C#C[C@H]([C@@H](C)OCc1ccccc1)[C@@H](C)C(=O)O. The number of rotatable bonds is 6. The van der Waals surface area contributed by atoms with Crippen molar-refractivity contribution in [2.45, 2.75) is 26.6 Å². The second kappa shape index (κ2) is 6.83. The van der Waals surface area contributed by atoms with Crippen LogP contribution in [-0.2, 0) is 16.1 Å². The molecule has 96 valence electrons. The predicted octanol–water partition coefficient (Wildman–Crippen LogP) is 2.56. The first-order valence-electron chi connectivity index (χ1n) is 5.90. The second-order valence-corrected chi connectivity index (χ2v) is 4.32. The third-order valence-corrected chi connectivity index (χ3v) is 2.98. The maximum atomic E-state index is 10.9. The molecule has 1 rings (SSSR count). The maximum absolute atomic E-state index is 10.9. The smallest absolute Gasteiger partial charge is 0.307 e. The number of ether oxygens (including phenoxy) is 1. The molecule has 0 aliphatic rings. The van der Waals surface area contributed by atoms with E-state index in [1.54, 1.807) is 6.92 Å². The van der Waals surface area contributed by atoms with Crippen molar-refractivity contribution in [3.8, 4) is 12.3 Å². The van der Waals surface area contributed by atoms with Crippen LogP contribution in [0.25, 0.3) is 0 Å². The van der Waals surface area contributed by atoms with Gasteiger partial charge in [0.1, 0.15) is 0 Å². The van der Waals surface area contributed by atoms with Crippen LogP contribution in [0.1, 0.15) is 19.4 Å². The van der Waals surface area contributed by atoms with Gasteiger partial charge < -0.3 is 9.84 Å². The normalized spacial score (nSPS) is 15.4. The number of hydrogen-bond donors (Lipinski definition) is 1. The molecule has 0 spiro atoms. The van der Waals surface area contributed by atoms with Crippen molar-refractivity contribution in [2.75, 3.05) is 0 Å². The van der Waals surface area contributed by atoms with E-state index >= 15 is 0 Å². The maximum Gasteiger partial charge on any atom is 0.307 e. The summed E-state index contributed by atoms with van der Waals surface area (Å²) in [5, 5.41) is 8.97. The Labute approximate surface area is 108 Å². The molecule has 18 heavy (non-hydrogen) atoms. The largest absolute Gasteiger partial charge is 0.481 e. The van der Waals surface area contributed by atoms with Crippen molar-refractivity contribution in [3.05, 3.63) is 35.9 Å². The summed E-state index contributed by atoms with van der Waals surface area (Å²) < 4.78 is 5.65. The van der Waals surface area contributed by atoms with Crippen LogP contribution in [0.15, 0.2) is 30.3 Å². The molecule has 3 heteroatoms. The van der Waals surface area contributed by atoms with Crippen molar-refractivity contribution in [1.29, 1.82) is 0 Å². The lowest BCUT2D eigenvalue weighted by atomic mass is 9.90. The molecule has 0 aliphatic carbocycles. The highest BCUT2D eigenvalue weighted by Gasteiger charge is 2.27. The van der Waals surface area contributed by atoms with E-state index in [-0.39, 0.29) is 6.10 Å². The van der Waals surface area contributed by atoms with Gasteiger partial charge in [0.2, 0.25) is 0 Å². The zero-order chi connectivity index (χ0) is 13.5. The molecule has 3 atom stereocenters. The van der Waals surface area contributed by atoms with Crippen LogP contribution in [0.3, 0.4) is 0 Å². The van der Waals surface area contributed by atoms with Gasteiger partial charge in [-0.3, -0.25) is 4.79 Å². The number of carboxylic acid groups (broad SMARTS) is 1. The second-order valence-electron chi connectivity index (χ2n) is 4.32. The summed E-state index contributed by atoms with van der Waals surface area (Å²) in [4.78, 5) is 10.9. The number of benzene rings is 1. The molecule has 1 aromatic rings. The fraction of sp³-hybridized carbons (Fsp3) is 0.400. The predicted molar refractivity (Wildman–Crippen MR) is 69.8 cm³/mol. The molecule has 0 bridgehead atoms. The Morgan fingerprint density at radius 3 is 2.50 bits per heavy atom. The minimum atomic E-state index is -0.895. The first-order chi connectivity index (χ1) is 8.56. The summed E-state index contributed by atoms with van der Waals surface area (Å²) in [6.07, 6.45) is 5.10. The molecule has 3 nitrogen and oxygen atoms in total. The molecule has 0 aliphatic heterocycles. The minimum absolute atomic E-state index is 0.290. The Hall–Kier alpha value is -1.79. The molecular formula is C15H18O3. The summed E-state index contributed by atoms with van der Waals surface area (Å²) in [6.45, 7) is 3.86. The summed E-state index contributed by atoms with van der Waals surface area (Å²) in [6, 6.07) is 9.71. The van der Waals surface area contributed by atoms with Gasteiger partial charge in [-0.25, -0.2) is 0 Å². The van der Waals surface area contributed by atoms with Gasteiger partial charge in [-0.05, 0) is 12.5 Å². The Bertz CT molecular complexity index is 419. The lowest BCUT2D eigenvalue weighted by molar-refractivity contribution is -0.144. The molecule has 0 fully saturated rings. The van der Waals surface area contributed by atoms with Crippen molar-refractivity contribution in [2.24, 2.45) is 11.8 Å². The van der Waals surface area contributed by atoms with E-state index in [1.165, 1.54) is 0 Å². The van der Waals surface area contributed by atoms with Crippen LogP contribution < -0.4 is 0 Å². The number of aliphatic carboxylic acids is 1. The highest BCUT2D eigenvalue weighted by Crippen LogP contribution is 2.19.